The Morgan fingerprint density at radius 3 is 2.48 bits per heavy atom. The summed E-state index contributed by atoms with van der Waals surface area (Å²) in [4.78, 5) is 27.4. The van der Waals surface area contributed by atoms with E-state index in [1.54, 1.807) is 7.11 Å². The van der Waals surface area contributed by atoms with Crippen LogP contribution in [-0.4, -0.2) is 48.7 Å². The van der Waals surface area contributed by atoms with E-state index >= 15 is 0 Å². The molecule has 4 fully saturated rings. The van der Waals surface area contributed by atoms with E-state index in [4.69, 9.17) is 10.5 Å². The smallest absolute Gasteiger partial charge is 0.144 e. The molecule has 1 heterocycles. The molecule has 4 N–H and O–H groups in total. The van der Waals surface area contributed by atoms with Crippen molar-refractivity contribution in [3.63, 3.8) is 0 Å². The first-order valence-corrected chi connectivity index (χ1v) is 18.6. The number of carbonyl (C=O) groups excluding carboxylic acids is 2. The Kier molecular flexibility index (Phi) is 12.8. The van der Waals surface area contributed by atoms with Gasteiger partial charge in [-0.05, 0) is 113 Å². The second-order valence-corrected chi connectivity index (χ2v) is 15.7. The standard InChI is InChI=1S/C38H62N2O4/c1-3-4-8-25-17-27(18-26-15-16-40-38(39)21-26)19-29-12-14-32(28-9-6-5-7-10-28)33-24-36(43)37(44-2)22-30(33)11-13-31(41)23-35(42)34(29)20-25/h25-30,32-34,36-38,40,43H,3-11,13,15-24,39H2,1-2H3. The summed E-state index contributed by atoms with van der Waals surface area (Å²) in [6.45, 7) is 3.25. The van der Waals surface area contributed by atoms with Crippen LogP contribution in [0.25, 0.3) is 0 Å². The second-order valence-electron chi connectivity index (χ2n) is 15.7. The van der Waals surface area contributed by atoms with Gasteiger partial charge in [0.25, 0.3) is 0 Å². The highest BCUT2D eigenvalue weighted by atomic mass is 16.5. The van der Waals surface area contributed by atoms with Gasteiger partial charge in [-0.3, -0.25) is 9.59 Å². The number of hydrogen-bond acceptors (Lipinski definition) is 6. The minimum Gasteiger partial charge on any atom is -0.390 e. The number of aliphatic hydroxyl groups is 1. The zero-order valence-electron chi connectivity index (χ0n) is 27.8. The van der Waals surface area contributed by atoms with Crippen molar-refractivity contribution in [2.24, 2.45) is 59.0 Å². The molecule has 11 unspecified atom stereocenters. The summed E-state index contributed by atoms with van der Waals surface area (Å²) in [5, 5.41) is 14.5. The van der Waals surface area contributed by atoms with Crippen molar-refractivity contribution in [3.8, 4) is 11.8 Å². The van der Waals surface area contributed by atoms with Gasteiger partial charge in [0.1, 0.15) is 11.6 Å². The number of Topliss-reactive ketones (excluding diaryl/α,β-unsaturated/α-hetero) is 2. The summed E-state index contributed by atoms with van der Waals surface area (Å²) in [7, 11) is 1.69. The van der Waals surface area contributed by atoms with Crippen LogP contribution in [0.5, 0.6) is 0 Å². The van der Waals surface area contributed by atoms with Crippen LogP contribution in [0.15, 0.2) is 0 Å². The van der Waals surface area contributed by atoms with Gasteiger partial charge in [-0.2, -0.15) is 0 Å². The van der Waals surface area contributed by atoms with Gasteiger partial charge in [0.2, 0.25) is 0 Å². The Morgan fingerprint density at radius 1 is 0.909 bits per heavy atom. The van der Waals surface area contributed by atoms with Crippen LogP contribution in [0.2, 0.25) is 0 Å². The first-order chi connectivity index (χ1) is 21.3. The molecule has 0 radical (unpaired) electrons. The molecule has 6 nitrogen and oxygen atoms in total. The Hall–Kier alpha value is -1.26. The molecule has 0 aromatic carbocycles. The van der Waals surface area contributed by atoms with Gasteiger partial charge < -0.3 is 20.9 Å². The van der Waals surface area contributed by atoms with Crippen molar-refractivity contribution in [1.82, 2.24) is 5.32 Å². The number of ketones is 2. The maximum absolute atomic E-state index is 14.0. The van der Waals surface area contributed by atoms with E-state index in [-0.39, 0.29) is 53.9 Å². The summed E-state index contributed by atoms with van der Waals surface area (Å²) in [6.07, 6.45) is 18.4. The number of hydrogen-bond donors (Lipinski definition) is 3. The van der Waals surface area contributed by atoms with Gasteiger partial charge in [0, 0.05) is 31.3 Å². The molecule has 44 heavy (non-hydrogen) atoms. The molecule has 1 aliphatic heterocycles. The molecule has 5 aliphatic rings. The van der Waals surface area contributed by atoms with E-state index in [9.17, 15) is 14.7 Å². The van der Waals surface area contributed by atoms with Crippen LogP contribution in [0, 0.1) is 65.1 Å². The molecule has 5 rings (SSSR count). The lowest BCUT2D eigenvalue weighted by Gasteiger charge is -2.44. The maximum Gasteiger partial charge on any atom is 0.144 e. The molecule has 248 valence electrons. The van der Waals surface area contributed by atoms with E-state index in [1.807, 2.05) is 0 Å². The predicted octanol–water partition coefficient (Wildman–Crippen LogP) is 6.42. The summed E-state index contributed by atoms with van der Waals surface area (Å²) in [5.74, 6) is 11.0. The van der Waals surface area contributed by atoms with Gasteiger partial charge in [-0.1, -0.05) is 57.3 Å². The Labute approximate surface area is 267 Å². The summed E-state index contributed by atoms with van der Waals surface area (Å²) >= 11 is 0. The molecule has 6 heteroatoms. The van der Waals surface area contributed by atoms with E-state index in [0.717, 1.165) is 38.6 Å². The quantitative estimate of drug-likeness (QED) is 0.227. The zero-order valence-corrected chi connectivity index (χ0v) is 27.8. The highest BCUT2D eigenvalue weighted by Gasteiger charge is 2.43. The lowest BCUT2D eigenvalue weighted by atomic mass is 9.63. The van der Waals surface area contributed by atoms with Crippen LogP contribution < -0.4 is 11.1 Å². The number of nitrogens with one attached hydrogen (secondary N) is 1. The molecule has 11 atom stereocenters. The van der Waals surface area contributed by atoms with Gasteiger partial charge in [0.05, 0.1) is 24.8 Å². The number of rotatable bonds is 7. The molecule has 1 saturated heterocycles. The van der Waals surface area contributed by atoms with E-state index in [1.165, 1.54) is 70.6 Å². The summed E-state index contributed by atoms with van der Waals surface area (Å²) < 4.78 is 5.72. The van der Waals surface area contributed by atoms with Gasteiger partial charge in [0.15, 0.2) is 0 Å². The first-order valence-electron chi connectivity index (χ1n) is 18.6. The number of unbranched alkanes of at least 4 members (excludes halogenated alkanes) is 1. The third-order valence-corrected chi connectivity index (χ3v) is 12.5. The number of piperidine rings is 1. The lowest BCUT2D eigenvalue weighted by Crippen LogP contribution is -2.44. The molecule has 0 bridgehead atoms. The van der Waals surface area contributed by atoms with E-state index in [0.29, 0.717) is 42.4 Å². The molecule has 0 amide bonds. The summed E-state index contributed by atoms with van der Waals surface area (Å²) in [5.41, 5.74) is 6.32. The fourth-order valence-corrected chi connectivity index (χ4v) is 10.2. The van der Waals surface area contributed by atoms with E-state index in [2.05, 4.69) is 24.1 Å². The second kappa shape index (κ2) is 16.5. The van der Waals surface area contributed by atoms with Gasteiger partial charge >= 0.3 is 0 Å². The molecular weight excluding hydrogens is 548 g/mol. The van der Waals surface area contributed by atoms with Crippen LogP contribution >= 0.6 is 0 Å². The molecule has 0 aromatic rings. The van der Waals surface area contributed by atoms with Crippen LogP contribution in [0.1, 0.15) is 129 Å². The van der Waals surface area contributed by atoms with Crippen molar-refractivity contribution < 1.29 is 19.4 Å². The minimum absolute atomic E-state index is 0.0199. The highest BCUT2D eigenvalue weighted by Crippen LogP contribution is 2.46. The monoisotopic (exact) mass is 610 g/mol. The van der Waals surface area contributed by atoms with Crippen LogP contribution in [0.4, 0.5) is 0 Å². The van der Waals surface area contributed by atoms with Crippen LogP contribution in [-0.2, 0) is 14.3 Å². The number of aliphatic hydroxyl groups excluding tert-OH is 1. The largest absolute Gasteiger partial charge is 0.390 e. The third-order valence-electron chi connectivity index (χ3n) is 12.5. The van der Waals surface area contributed by atoms with Crippen LogP contribution in [0.3, 0.4) is 0 Å². The van der Waals surface area contributed by atoms with Crippen molar-refractivity contribution in [2.45, 2.75) is 147 Å². The number of fused-ring (bicyclic) bond motifs is 2. The van der Waals surface area contributed by atoms with Crippen molar-refractivity contribution >= 4 is 11.6 Å². The summed E-state index contributed by atoms with van der Waals surface area (Å²) in [6, 6.07) is 0. The minimum atomic E-state index is -0.481. The average Bonchev–Trinajstić information content (AvgIpc) is 3.18. The first kappa shape index (κ1) is 34.1. The normalized spacial score (nSPS) is 41.2. The topological polar surface area (TPSA) is 102 Å². The predicted molar refractivity (Wildman–Crippen MR) is 175 cm³/mol. The molecule has 4 aliphatic carbocycles. The molecule has 0 spiro atoms. The van der Waals surface area contributed by atoms with E-state index < -0.39 is 6.10 Å². The fraction of sp³-hybridized carbons (Fsp3) is 0.895. The average molecular weight is 611 g/mol. The Bertz CT molecular complexity index is 999. The number of methoxy groups -OCH3 is 1. The fourth-order valence-electron chi connectivity index (χ4n) is 10.2. The van der Waals surface area contributed by atoms with Crippen molar-refractivity contribution in [3.05, 3.63) is 0 Å². The lowest BCUT2D eigenvalue weighted by molar-refractivity contribution is -0.130. The number of nitrogens with two attached hydrogens (primary N) is 1. The molecule has 0 aromatic heterocycles. The molecular formula is C38H62N2O4. The Balaban J connectivity index is 1.49. The Morgan fingerprint density at radius 2 is 1.73 bits per heavy atom. The van der Waals surface area contributed by atoms with Crippen molar-refractivity contribution in [2.75, 3.05) is 13.7 Å². The van der Waals surface area contributed by atoms with Gasteiger partial charge in [-0.15, -0.1) is 0 Å². The van der Waals surface area contributed by atoms with Gasteiger partial charge in [-0.25, -0.2) is 0 Å². The molecule has 3 saturated carbocycles. The zero-order chi connectivity index (χ0) is 31.1. The third kappa shape index (κ3) is 8.96. The maximum atomic E-state index is 14.0. The van der Waals surface area contributed by atoms with Crippen molar-refractivity contribution in [1.29, 1.82) is 0 Å². The number of ether oxygens (including phenoxy) is 1. The number of carbonyl (C=O) groups is 2. The highest BCUT2D eigenvalue weighted by molar-refractivity contribution is 6.00. The SMILES string of the molecule is CCCCC1CC(CC2CCNC(N)C2)CC2C#CC(C3CCCCC3)C3CC(O)C(OC)CC3CCC(=O)CC(=O)C2C1.